The second-order valence-electron chi connectivity index (χ2n) is 6.79. The SMILES string of the molecule is CC(C)(CNCc1cn[nH]c1-c1ccc(F)cc1)N1CCOCC1. The normalized spacial score (nSPS) is 16.5. The summed E-state index contributed by atoms with van der Waals surface area (Å²) in [6, 6.07) is 6.47. The molecular weight excluding hydrogens is 307 g/mol. The lowest BCUT2D eigenvalue weighted by atomic mass is 10.0. The molecule has 0 atom stereocenters. The molecule has 2 heterocycles. The maximum atomic E-state index is 13.1. The predicted octanol–water partition coefficient (Wildman–Crippen LogP) is 2.42. The van der Waals surface area contributed by atoms with Crippen LogP contribution in [0.15, 0.2) is 30.5 Å². The van der Waals surface area contributed by atoms with E-state index >= 15 is 0 Å². The minimum absolute atomic E-state index is 0.0730. The predicted molar refractivity (Wildman–Crippen MR) is 92.2 cm³/mol. The highest BCUT2D eigenvalue weighted by Crippen LogP contribution is 2.21. The molecule has 0 saturated carbocycles. The topological polar surface area (TPSA) is 53.2 Å². The summed E-state index contributed by atoms with van der Waals surface area (Å²) in [5, 5.41) is 10.7. The van der Waals surface area contributed by atoms with Crippen molar-refractivity contribution in [3.05, 3.63) is 41.8 Å². The second kappa shape index (κ2) is 7.42. The first kappa shape index (κ1) is 17.1. The number of aromatic nitrogens is 2. The highest BCUT2D eigenvalue weighted by atomic mass is 19.1. The zero-order chi connectivity index (χ0) is 17.0. The molecule has 0 aliphatic carbocycles. The van der Waals surface area contributed by atoms with Gasteiger partial charge in [-0.25, -0.2) is 4.39 Å². The van der Waals surface area contributed by atoms with Gasteiger partial charge in [0.25, 0.3) is 0 Å². The number of hydrogen-bond donors (Lipinski definition) is 2. The van der Waals surface area contributed by atoms with Gasteiger partial charge in [-0.15, -0.1) is 0 Å². The average molecular weight is 332 g/mol. The van der Waals surface area contributed by atoms with Crippen LogP contribution in [0.2, 0.25) is 0 Å². The van der Waals surface area contributed by atoms with Crippen molar-refractivity contribution in [2.45, 2.75) is 25.9 Å². The molecule has 3 rings (SSSR count). The highest BCUT2D eigenvalue weighted by Gasteiger charge is 2.27. The van der Waals surface area contributed by atoms with Gasteiger partial charge in [-0.1, -0.05) is 0 Å². The van der Waals surface area contributed by atoms with Gasteiger partial charge in [0, 0.05) is 42.8 Å². The zero-order valence-corrected chi connectivity index (χ0v) is 14.3. The van der Waals surface area contributed by atoms with E-state index in [1.165, 1.54) is 12.1 Å². The smallest absolute Gasteiger partial charge is 0.123 e. The molecule has 0 unspecified atom stereocenters. The zero-order valence-electron chi connectivity index (χ0n) is 14.3. The van der Waals surface area contributed by atoms with Crippen molar-refractivity contribution in [3.63, 3.8) is 0 Å². The lowest BCUT2D eigenvalue weighted by molar-refractivity contribution is -0.00966. The summed E-state index contributed by atoms with van der Waals surface area (Å²) >= 11 is 0. The van der Waals surface area contributed by atoms with Crippen LogP contribution in [0.1, 0.15) is 19.4 Å². The molecule has 0 radical (unpaired) electrons. The van der Waals surface area contributed by atoms with Crippen molar-refractivity contribution in [1.82, 2.24) is 20.4 Å². The van der Waals surface area contributed by atoms with Crippen LogP contribution in [0.25, 0.3) is 11.3 Å². The first-order valence-electron chi connectivity index (χ1n) is 8.38. The lowest BCUT2D eigenvalue weighted by Crippen LogP contribution is -2.54. The summed E-state index contributed by atoms with van der Waals surface area (Å²) in [6.07, 6.45) is 1.83. The van der Waals surface area contributed by atoms with E-state index < -0.39 is 0 Å². The minimum atomic E-state index is -0.231. The lowest BCUT2D eigenvalue weighted by Gasteiger charge is -2.41. The maximum Gasteiger partial charge on any atom is 0.123 e. The number of nitrogens with zero attached hydrogens (tertiary/aromatic N) is 2. The number of halogens is 1. The summed E-state index contributed by atoms with van der Waals surface area (Å²) in [7, 11) is 0. The van der Waals surface area contributed by atoms with Crippen molar-refractivity contribution < 1.29 is 9.13 Å². The molecular formula is C18H25FN4O. The third-order valence-electron chi connectivity index (χ3n) is 4.59. The summed E-state index contributed by atoms with van der Waals surface area (Å²) in [6.45, 7) is 9.66. The van der Waals surface area contributed by atoms with E-state index in [9.17, 15) is 4.39 Å². The van der Waals surface area contributed by atoms with Gasteiger partial charge in [0.15, 0.2) is 0 Å². The molecule has 2 aromatic rings. The highest BCUT2D eigenvalue weighted by molar-refractivity contribution is 5.62. The van der Waals surface area contributed by atoms with Crippen LogP contribution in [-0.4, -0.2) is 53.5 Å². The fourth-order valence-corrected chi connectivity index (χ4v) is 3.10. The largest absolute Gasteiger partial charge is 0.379 e. The van der Waals surface area contributed by atoms with E-state index in [-0.39, 0.29) is 11.4 Å². The van der Waals surface area contributed by atoms with E-state index in [0.717, 1.165) is 56.2 Å². The Hall–Kier alpha value is -1.76. The van der Waals surface area contributed by atoms with Gasteiger partial charge in [-0.2, -0.15) is 5.10 Å². The molecule has 0 bridgehead atoms. The summed E-state index contributed by atoms with van der Waals surface area (Å²) in [5.41, 5.74) is 3.04. The van der Waals surface area contributed by atoms with E-state index in [1.807, 2.05) is 6.20 Å². The Bertz CT molecular complexity index is 647. The van der Waals surface area contributed by atoms with E-state index in [1.54, 1.807) is 12.1 Å². The molecule has 1 saturated heterocycles. The molecule has 2 N–H and O–H groups in total. The van der Waals surface area contributed by atoms with Gasteiger partial charge < -0.3 is 10.1 Å². The van der Waals surface area contributed by atoms with Gasteiger partial charge in [-0.3, -0.25) is 10.00 Å². The molecule has 24 heavy (non-hydrogen) atoms. The van der Waals surface area contributed by atoms with Gasteiger partial charge in [0.05, 0.1) is 25.1 Å². The molecule has 1 aliphatic heterocycles. The van der Waals surface area contributed by atoms with E-state index in [0.29, 0.717) is 0 Å². The van der Waals surface area contributed by atoms with Crippen molar-refractivity contribution in [1.29, 1.82) is 0 Å². The Morgan fingerprint density at radius 1 is 1.25 bits per heavy atom. The van der Waals surface area contributed by atoms with Crippen molar-refractivity contribution in [3.8, 4) is 11.3 Å². The van der Waals surface area contributed by atoms with Crippen LogP contribution < -0.4 is 5.32 Å². The Morgan fingerprint density at radius 3 is 2.67 bits per heavy atom. The number of hydrogen-bond acceptors (Lipinski definition) is 4. The Balaban J connectivity index is 1.59. The number of nitrogens with one attached hydrogen (secondary N) is 2. The Morgan fingerprint density at radius 2 is 1.96 bits per heavy atom. The first-order valence-corrected chi connectivity index (χ1v) is 8.38. The van der Waals surface area contributed by atoms with Crippen LogP contribution in [0, 0.1) is 5.82 Å². The maximum absolute atomic E-state index is 13.1. The van der Waals surface area contributed by atoms with Gasteiger partial charge >= 0.3 is 0 Å². The molecule has 130 valence electrons. The Labute approximate surface area is 142 Å². The summed E-state index contributed by atoms with van der Waals surface area (Å²) < 4.78 is 18.5. The third-order valence-corrected chi connectivity index (χ3v) is 4.59. The molecule has 5 nitrogen and oxygen atoms in total. The van der Waals surface area contributed by atoms with Crippen LogP contribution in [-0.2, 0) is 11.3 Å². The molecule has 0 spiro atoms. The van der Waals surface area contributed by atoms with Crippen LogP contribution in [0.4, 0.5) is 4.39 Å². The van der Waals surface area contributed by atoms with Gasteiger partial charge in [-0.05, 0) is 38.1 Å². The third kappa shape index (κ3) is 4.01. The molecule has 6 heteroatoms. The number of H-pyrrole nitrogens is 1. The first-order chi connectivity index (χ1) is 11.6. The molecule has 1 aliphatic rings. The van der Waals surface area contributed by atoms with E-state index in [2.05, 4.69) is 34.3 Å². The number of ether oxygens (including phenoxy) is 1. The molecule has 1 aromatic heterocycles. The molecule has 1 aromatic carbocycles. The standard InChI is InChI=1S/C18H25FN4O/c1-18(2,23-7-9-24-10-8-23)13-20-11-15-12-21-22-17(15)14-3-5-16(19)6-4-14/h3-6,12,20H,7-11,13H2,1-2H3,(H,21,22). The molecule has 1 fully saturated rings. The minimum Gasteiger partial charge on any atom is -0.379 e. The van der Waals surface area contributed by atoms with Crippen LogP contribution in [0.3, 0.4) is 0 Å². The van der Waals surface area contributed by atoms with Crippen LogP contribution in [0.5, 0.6) is 0 Å². The molecule has 0 amide bonds. The van der Waals surface area contributed by atoms with Gasteiger partial charge in [0.2, 0.25) is 0 Å². The quantitative estimate of drug-likeness (QED) is 0.853. The second-order valence-corrected chi connectivity index (χ2v) is 6.79. The van der Waals surface area contributed by atoms with Crippen LogP contribution >= 0.6 is 0 Å². The average Bonchev–Trinajstić information content (AvgIpc) is 3.05. The van der Waals surface area contributed by atoms with E-state index in [4.69, 9.17) is 4.74 Å². The van der Waals surface area contributed by atoms with Crippen molar-refractivity contribution in [2.24, 2.45) is 0 Å². The Kier molecular flexibility index (Phi) is 5.28. The summed E-state index contributed by atoms with van der Waals surface area (Å²) in [4.78, 5) is 2.46. The van der Waals surface area contributed by atoms with Gasteiger partial charge in [0.1, 0.15) is 5.82 Å². The number of aromatic amines is 1. The fraction of sp³-hybridized carbons (Fsp3) is 0.500. The monoisotopic (exact) mass is 332 g/mol. The number of morpholine rings is 1. The number of benzene rings is 1. The van der Waals surface area contributed by atoms with Crippen molar-refractivity contribution in [2.75, 3.05) is 32.8 Å². The van der Waals surface area contributed by atoms with Crippen molar-refractivity contribution >= 4 is 0 Å². The number of rotatable bonds is 6. The fourth-order valence-electron chi connectivity index (χ4n) is 3.10. The summed E-state index contributed by atoms with van der Waals surface area (Å²) in [5.74, 6) is -0.231.